The summed E-state index contributed by atoms with van der Waals surface area (Å²) in [4.78, 5) is 7.99. The van der Waals surface area contributed by atoms with Crippen molar-refractivity contribution in [2.24, 2.45) is 0 Å². The molecule has 1 aromatic heterocycles. The number of nitrogens with two attached hydrogens (primary N) is 1. The van der Waals surface area contributed by atoms with Crippen LogP contribution in [0.2, 0.25) is 0 Å². The first-order chi connectivity index (χ1) is 8.69. The number of nitrogens with one attached hydrogen (secondary N) is 1. The minimum atomic E-state index is 0.246. The summed E-state index contributed by atoms with van der Waals surface area (Å²) in [5.74, 6) is 1.76. The molecular weight excluding hydrogens is 296 g/mol. The highest BCUT2D eigenvalue weighted by molar-refractivity contribution is 9.10. The maximum absolute atomic E-state index is 5.53. The zero-order valence-corrected chi connectivity index (χ0v) is 11.4. The first-order valence-corrected chi connectivity index (χ1v) is 6.13. The Bertz CT molecular complexity index is 530. The third-order valence-electron chi connectivity index (χ3n) is 2.38. The summed E-state index contributed by atoms with van der Waals surface area (Å²) in [5.41, 5.74) is 6.66. The molecule has 0 aliphatic carbocycles. The Morgan fingerprint density at radius 1 is 1.33 bits per heavy atom. The van der Waals surface area contributed by atoms with Gasteiger partial charge < -0.3 is 15.8 Å². The van der Waals surface area contributed by atoms with Gasteiger partial charge in [0, 0.05) is 12.7 Å². The van der Waals surface area contributed by atoms with Crippen molar-refractivity contribution in [3.8, 4) is 5.75 Å². The molecule has 0 saturated carbocycles. The van der Waals surface area contributed by atoms with Gasteiger partial charge in [-0.1, -0.05) is 12.1 Å². The van der Waals surface area contributed by atoms with Crippen LogP contribution in [0.1, 0.15) is 5.56 Å². The van der Waals surface area contributed by atoms with E-state index in [0.717, 1.165) is 15.8 Å². The Morgan fingerprint density at radius 3 is 2.72 bits per heavy atom. The third-order valence-corrected chi connectivity index (χ3v) is 2.96. The maximum atomic E-state index is 5.53. The van der Waals surface area contributed by atoms with Crippen molar-refractivity contribution in [2.75, 3.05) is 18.2 Å². The molecule has 0 radical (unpaired) electrons. The number of ether oxygens (including phenoxy) is 1. The number of nitrogens with zero attached hydrogens (tertiary/aromatic N) is 2. The zero-order valence-electron chi connectivity index (χ0n) is 9.85. The molecule has 0 atom stereocenters. The predicted octanol–water partition coefficient (Wildman–Crippen LogP) is 2.44. The zero-order chi connectivity index (χ0) is 13.0. The molecule has 2 rings (SSSR count). The summed E-state index contributed by atoms with van der Waals surface area (Å²) < 4.78 is 5.88. The molecule has 0 spiro atoms. The van der Waals surface area contributed by atoms with Gasteiger partial charge in [0.15, 0.2) is 0 Å². The number of rotatable bonds is 4. The van der Waals surface area contributed by atoms with Gasteiger partial charge in [0.25, 0.3) is 0 Å². The number of anilines is 2. The SMILES string of the molecule is COc1ccc(CNc2nc(N)ncc2Br)cc1. The van der Waals surface area contributed by atoms with Gasteiger partial charge in [0.1, 0.15) is 11.6 Å². The van der Waals surface area contributed by atoms with Crippen LogP contribution in [0, 0.1) is 0 Å². The van der Waals surface area contributed by atoms with Crippen LogP contribution < -0.4 is 15.8 Å². The second-order valence-corrected chi connectivity index (χ2v) is 4.48. The highest BCUT2D eigenvalue weighted by atomic mass is 79.9. The van der Waals surface area contributed by atoms with Crippen molar-refractivity contribution in [1.29, 1.82) is 0 Å². The number of hydrogen-bond acceptors (Lipinski definition) is 5. The van der Waals surface area contributed by atoms with E-state index in [1.165, 1.54) is 0 Å². The van der Waals surface area contributed by atoms with E-state index in [-0.39, 0.29) is 5.95 Å². The molecule has 0 aliphatic heterocycles. The molecule has 94 valence electrons. The average Bonchev–Trinajstić information content (AvgIpc) is 2.40. The minimum Gasteiger partial charge on any atom is -0.497 e. The van der Waals surface area contributed by atoms with Gasteiger partial charge in [-0.25, -0.2) is 4.98 Å². The molecular formula is C12H13BrN4O. The van der Waals surface area contributed by atoms with E-state index in [2.05, 4.69) is 31.2 Å². The van der Waals surface area contributed by atoms with Gasteiger partial charge in [0.05, 0.1) is 11.6 Å². The lowest BCUT2D eigenvalue weighted by Gasteiger charge is -2.08. The number of halogens is 1. The van der Waals surface area contributed by atoms with Crippen molar-refractivity contribution in [3.63, 3.8) is 0 Å². The van der Waals surface area contributed by atoms with E-state index in [1.54, 1.807) is 13.3 Å². The van der Waals surface area contributed by atoms with Crippen LogP contribution in [0.15, 0.2) is 34.9 Å². The van der Waals surface area contributed by atoms with E-state index in [0.29, 0.717) is 12.4 Å². The van der Waals surface area contributed by atoms with Crippen molar-refractivity contribution >= 4 is 27.7 Å². The van der Waals surface area contributed by atoms with E-state index in [9.17, 15) is 0 Å². The Labute approximate surface area is 114 Å². The molecule has 5 nitrogen and oxygen atoms in total. The standard InChI is InChI=1S/C12H13BrN4O/c1-18-9-4-2-8(3-5-9)6-15-11-10(13)7-16-12(14)17-11/h2-5,7H,6H2,1H3,(H3,14,15,16,17). The van der Waals surface area contributed by atoms with Gasteiger partial charge in [-0.3, -0.25) is 0 Å². The normalized spacial score (nSPS) is 10.1. The number of hydrogen-bond donors (Lipinski definition) is 2. The van der Waals surface area contributed by atoms with Crippen molar-refractivity contribution < 1.29 is 4.74 Å². The Kier molecular flexibility index (Phi) is 3.99. The summed E-state index contributed by atoms with van der Waals surface area (Å²) in [5, 5.41) is 3.19. The molecule has 1 aromatic carbocycles. The van der Waals surface area contributed by atoms with Crippen LogP contribution in [0.3, 0.4) is 0 Å². The van der Waals surface area contributed by atoms with Gasteiger partial charge >= 0.3 is 0 Å². The third kappa shape index (κ3) is 3.10. The van der Waals surface area contributed by atoms with E-state index >= 15 is 0 Å². The molecule has 2 aromatic rings. The number of methoxy groups -OCH3 is 1. The summed E-state index contributed by atoms with van der Waals surface area (Å²) in [6.45, 7) is 0.652. The topological polar surface area (TPSA) is 73.1 Å². The van der Waals surface area contributed by atoms with Gasteiger partial charge in [0.2, 0.25) is 5.95 Å². The lowest BCUT2D eigenvalue weighted by Crippen LogP contribution is -2.05. The van der Waals surface area contributed by atoms with Crippen LogP contribution in [0.5, 0.6) is 5.75 Å². The average molecular weight is 309 g/mol. The molecule has 0 amide bonds. The van der Waals surface area contributed by atoms with Crippen molar-refractivity contribution in [2.45, 2.75) is 6.54 Å². The van der Waals surface area contributed by atoms with Gasteiger partial charge in [-0.15, -0.1) is 0 Å². The molecule has 1 heterocycles. The van der Waals surface area contributed by atoms with Crippen LogP contribution in [-0.4, -0.2) is 17.1 Å². The number of nitrogen functional groups attached to an aromatic ring is 1. The molecule has 3 N–H and O–H groups in total. The Balaban J connectivity index is 2.04. The van der Waals surface area contributed by atoms with E-state index < -0.39 is 0 Å². The molecule has 0 fully saturated rings. The molecule has 0 unspecified atom stereocenters. The van der Waals surface area contributed by atoms with Crippen molar-refractivity contribution in [3.05, 3.63) is 40.5 Å². The van der Waals surface area contributed by atoms with Crippen molar-refractivity contribution in [1.82, 2.24) is 9.97 Å². The van der Waals surface area contributed by atoms with Crippen LogP contribution in [0.4, 0.5) is 11.8 Å². The van der Waals surface area contributed by atoms with E-state index in [4.69, 9.17) is 10.5 Å². The molecule has 6 heteroatoms. The molecule has 0 bridgehead atoms. The lowest BCUT2D eigenvalue weighted by atomic mass is 10.2. The highest BCUT2D eigenvalue weighted by Gasteiger charge is 2.03. The molecule has 0 aliphatic rings. The Hall–Kier alpha value is -1.82. The minimum absolute atomic E-state index is 0.246. The molecule has 0 saturated heterocycles. The van der Waals surface area contributed by atoms with E-state index in [1.807, 2.05) is 24.3 Å². The first-order valence-electron chi connectivity index (χ1n) is 5.34. The fourth-order valence-corrected chi connectivity index (χ4v) is 1.77. The summed E-state index contributed by atoms with van der Waals surface area (Å²) in [7, 11) is 1.65. The van der Waals surface area contributed by atoms with Crippen LogP contribution >= 0.6 is 15.9 Å². The fraction of sp³-hybridized carbons (Fsp3) is 0.167. The van der Waals surface area contributed by atoms with Gasteiger partial charge in [-0.2, -0.15) is 4.98 Å². The lowest BCUT2D eigenvalue weighted by molar-refractivity contribution is 0.414. The summed E-state index contributed by atoms with van der Waals surface area (Å²) >= 11 is 3.36. The summed E-state index contributed by atoms with van der Waals surface area (Å²) in [6, 6.07) is 7.81. The van der Waals surface area contributed by atoms with Crippen LogP contribution in [-0.2, 0) is 6.54 Å². The molecule has 18 heavy (non-hydrogen) atoms. The van der Waals surface area contributed by atoms with Crippen LogP contribution in [0.25, 0.3) is 0 Å². The second kappa shape index (κ2) is 5.68. The highest BCUT2D eigenvalue weighted by Crippen LogP contribution is 2.20. The largest absolute Gasteiger partial charge is 0.497 e. The Morgan fingerprint density at radius 2 is 2.06 bits per heavy atom. The smallest absolute Gasteiger partial charge is 0.221 e. The fourth-order valence-electron chi connectivity index (χ4n) is 1.43. The monoisotopic (exact) mass is 308 g/mol. The predicted molar refractivity (Wildman–Crippen MR) is 74.5 cm³/mol. The van der Waals surface area contributed by atoms with Gasteiger partial charge in [-0.05, 0) is 33.6 Å². The summed E-state index contributed by atoms with van der Waals surface area (Å²) in [6.07, 6.45) is 1.62. The second-order valence-electron chi connectivity index (χ2n) is 3.63. The number of aromatic nitrogens is 2. The first kappa shape index (κ1) is 12.6. The quantitative estimate of drug-likeness (QED) is 0.907. The maximum Gasteiger partial charge on any atom is 0.221 e. The number of benzene rings is 1.